The number of aromatic nitrogens is 4. The van der Waals surface area contributed by atoms with Crippen molar-refractivity contribution in [3.05, 3.63) is 281 Å². The van der Waals surface area contributed by atoms with Crippen molar-refractivity contribution >= 4 is 21.8 Å². The quantitative estimate of drug-likeness (QED) is 0.0852. The Morgan fingerprint density at radius 3 is 1.51 bits per heavy atom. The summed E-state index contributed by atoms with van der Waals surface area (Å²) in [5.41, 5.74) is 12.7. The molecule has 0 fully saturated rings. The van der Waals surface area contributed by atoms with Gasteiger partial charge >= 0.3 is 0 Å². The van der Waals surface area contributed by atoms with E-state index in [0.717, 1.165) is 50.4 Å². The molecule has 0 amide bonds. The van der Waals surface area contributed by atoms with Crippen LogP contribution in [-0.4, -0.2) is 14.1 Å². The Morgan fingerprint density at radius 2 is 0.949 bits per heavy atom. The van der Waals surface area contributed by atoms with Gasteiger partial charge in [0.25, 0.3) is 6.33 Å². The Kier molecular flexibility index (Phi) is 14.2. The van der Waals surface area contributed by atoms with Gasteiger partial charge in [-0.2, -0.15) is 18.2 Å². The summed E-state index contributed by atoms with van der Waals surface area (Å²) in [5, 5.41) is 2.21. The number of ether oxygens (including phenoxy) is 1. The number of imidazole rings is 1. The largest absolute Gasteiger partial charge is 0.510 e. The molecule has 0 saturated carbocycles. The number of hydrogen-bond acceptors (Lipinski definition) is 2. The van der Waals surface area contributed by atoms with E-state index >= 15 is 0 Å². The molecular formula is C72H68N4OPt-2. The first-order chi connectivity index (χ1) is 36.8. The van der Waals surface area contributed by atoms with Crippen LogP contribution in [0.2, 0.25) is 0 Å². The molecule has 0 radical (unpaired) electrons. The van der Waals surface area contributed by atoms with Crippen molar-refractivity contribution in [2.75, 3.05) is 0 Å². The first-order valence-corrected chi connectivity index (χ1v) is 27.0. The second-order valence-corrected chi connectivity index (χ2v) is 23.8. The predicted octanol–water partition coefficient (Wildman–Crippen LogP) is 17.0. The summed E-state index contributed by atoms with van der Waals surface area (Å²) in [4.78, 5) is 4.92. The van der Waals surface area contributed by atoms with Crippen LogP contribution in [0.4, 0.5) is 0 Å². The minimum Gasteiger partial charge on any atom is -0.510 e. The van der Waals surface area contributed by atoms with Crippen molar-refractivity contribution in [2.45, 2.75) is 103 Å². The van der Waals surface area contributed by atoms with Crippen LogP contribution in [0.3, 0.4) is 0 Å². The summed E-state index contributed by atoms with van der Waals surface area (Å²) >= 11 is 0. The molecule has 0 spiro atoms. The zero-order valence-electron chi connectivity index (χ0n) is 46.7. The molecule has 0 unspecified atom stereocenters. The van der Waals surface area contributed by atoms with Crippen molar-refractivity contribution in [3.63, 3.8) is 0 Å². The maximum Gasteiger partial charge on any atom is 0.267 e. The number of benzene rings is 8. The van der Waals surface area contributed by atoms with Gasteiger partial charge in [-0.3, -0.25) is 4.57 Å². The van der Waals surface area contributed by atoms with Gasteiger partial charge in [0.15, 0.2) is 0 Å². The van der Waals surface area contributed by atoms with Crippen molar-refractivity contribution in [2.24, 2.45) is 0 Å². The molecule has 0 bridgehead atoms. The normalized spacial score (nSPS) is 12.4. The molecule has 0 aliphatic heterocycles. The Labute approximate surface area is 476 Å². The Hall–Kier alpha value is -7.59. The van der Waals surface area contributed by atoms with Crippen molar-refractivity contribution in [1.82, 2.24) is 14.1 Å². The average molecular weight is 1200 g/mol. The third kappa shape index (κ3) is 9.77. The summed E-state index contributed by atoms with van der Waals surface area (Å²) in [5.74, 6) is 1.98. The third-order valence-corrected chi connectivity index (χ3v) is 16.3. The molecule has 3 aromatic heterocycles. The van der Waals surface area contributed by atoms with Crippen LogP contribution in [0.15, 0.2) is 212 Å². The van der Waals surface area contributed by atoms with Gasteiger partial charge in [-0.15, -0.1) is 29.7 Å². The van der Waals surface area contributed by atoms with E-state index in [0.29, 0.717) is 11.5 Å². The zero-order chi connectivity index (χ0) is 53.9. The molecular weight excluding hydrogens is 1130 g/mol. The molecule has 11 rings (SSSR count). The summed E-state index contributed by atoms with van der Waals surface area (Å²) in [6.07, 6.45) is 5.98. The topological polar surface area (TPSA) is 35.9 Å². The molecule has 3 heterocycles. The summed E-state index contributed by atoms with van der Waals surface area (Å²) in [7, 11) is 0. The summed E-state index contributed by atoms with van der Waals surface area (Å²) in [6.45, 7) is 25.5. The van der Waals surface area contributed by atoms with Crippen LogP contribution in [0, 0.1) is 18.5 Å². The van der Waals surface area contributed by atoms with E-state index in [1.165, 1.54) is 38.9 Å². The van der Waals surface area contributed by atoms with Gasteiger partial charge in [0.1, 0.15) is 5.82 Å². The third-order valence-electron chi connectivity index (χ3n) is 16.3. The fraction of sp³-hybridized carbons (Fsp3) is 0.222. The van der Waals surface area contributed by atoms with Crippen LogP contribution in [0.1, 0.15) is 126 Å². The molecule has 0 aliphatic carbocycles. The molecule has 78 heavy (non-hydrogen) atoms. The fourth-order valence-electron chi connectivity index (χ4n) is 11.3. The SMILES string of the molecule is CC(C)(C)c1ccnc(-n2c3[c-]c(Oc4[c-]c(-n5[c-][n+](-c6cc(C(C)(C)c7ccccc7)cc(C(C)(C)c7ccccc7)c6)c(C(C)(C)c6ccccc6)c5C(C)(C)c5ccccc5)ccc4)ccc3c3ccccc32)c1.[Pt]. The van der Waals surface area contributed by atoms with Gasteiger partial charge in [0.05, 0.1) is 17.1 Å². The molecule has 394 valence electrons. The maximum atomic E-state index is 6.89. The van der Waals surface area contributed by atoms with Crippen molar-refractivity contribution < 1.29 is 30.4 Å². The fourth-order valence-corrected chi connectivity index (χ4v) is 11.3. The Balaban J connectivity index is 0.00000688. The van der Waals surface area contributed by atoms with Gasteiger partial charge in [0.2, 0.25) is 0 Å². The zero-order valence-corrected chi connectivity index (χ0v) is 49.0. The number of rotatable bonds is 13. The van der Waals surface area contributed by atoms with Crippen LogP contribution in [0.5, 0.6) is 11.5 Å². The van der Waals surface area contributed by atoms with Crippen LogP contribution < -0.4 is 9.30 Å². The minimum atomic E-state index is -0.549. The van der Waals surface area contributed by atoms with E-state index in [9.17, 15) is 0 Å². The van der Waals surface area contributed by atoms with Crippen LogP contribution >= 0.6 is 0 Å². The molecule has 5 nitrogen and oxygen atoms in total. The van der Waals surface area contributed by atoms with Crippen molar-refractivity contribution in [3.8, 4) is 28.7 Å². The average Bonchev–Trinajstić information content (AvgIpc) is 4.22. The first kappa shape index (κ1) is 53.8. The molecule has 0 atom stereocenters. The number of pyridine rings is 1. The molecule has 0 N–H and O–H groups in total. The molecule has 0 saturated heterocycles. The van der Waals surface area contributed by atoms with E-state index in [4.69, 9.17) is 9.72 Å². The predicted molar refractivity (Wildman–Crippen MR) is 315 cm³/mol. The smallest absolute Gasteiger partial charge is 0.267 e. The van der Waals surface area contributed by atoms with E-state index < -0.39 is 10.8 Å². The second kappa shape index (κ2) is 20.7. The number of hydrogen-bond donors (Lipinski definition) is 0. The number of nitrogens with zero attached hydrogens (tertiary/aromatic N) is 4. The number of para-hydroxylation sites is 1. The summed E-state index contributed by atoms with van der Waals surface area (Å²) < 4.78 is 13.7. The van der Waals surface area contributed by atoms with Crippen LogP contribution in [-0.2, 0) is 48.1 Å². The maximum absolute atomic E-state index is 6.89. The second-order valence-electron chi connectivity index (χ2n) is 23.8. The van der Waals surface area contributed by atoms with E-state index in [1.807, 2.05) is 18.3 Å². The van der Waals surface area contributed by atoms with Gasteiger partial charge < -0.3 is 13.9 Å². The van der Waals surface area contributed by atoms with Gasteiger partial charge in [-0.05, 0) is 85.8 Å². The standard InChI is InChI=1S/C72H68N4O.Pt/c1-68(2,3)54-41-42-73-65(46-54)76-63-38-25-24-37-61(63)62-40-39-60(48-64(62)76)77-59-36-26-35-57(47-59)74-49-75(67(72(10,11)53-33-22-15-23-34-53)66(74)71(8,9)52-31-20-14-21-32-52)58-44-55(69(4,5)50-27-16-12-17-28-50)43-56(45-58)70(6,7)51-29-18-13-19-30-51;/h12-46H,1-11H3;/q-2;. The monoisotopic (exact) mass is 1200 g/mol. The van der Waals surface area contributed by atoms with Crippen LogP contribution in [0.25, 0.3) is 39.0 Å². The van der Waals surface area contributed by atoms with Crippen molar-refractivity contribution in [1.29, 1.82) is 0 Å². The molecule has 8 aromatic carbocycles. The van der Waals surface area contributed by atoms with Gasteiger partial charge in [0, 0.05) is 65.9 Å². The molecule has 11 aromatic rings. The summed E-state index contributed by atoms with van der Waals surface area (Å²) in [6, 6.07) is 81.3. The Morgan fingerprint density at radius 1 is 0.436 bits per heavy atom. The van der Waals surface area contributed by atoms with E-state index in [-0.39, 0.29) is 37.3 Å². The van der Waals surface area contributed by atoms with Gasteiger partial charge in [-0.25, -0.2) is 4.98 Å². The van der Waals surface area contributed by atoms with Gasteiger partial charge in [-0.1, -0.05) is 227 Å². The van der Waals surface area contributed by atoms with E-state index in [1.54, 1.807) is 0 Å². The molecule has 0 aliphatic rings. The van der Waals surface area contributed by atoms with E-state index in [2.05, 4.69) is 302 Å². The Bertz CT molecular complexity index is 3850. The minimum absolute atomic E-state index is 0. The first-order valence-electron chi connectivity index (χ1n) is 27.0. The molecule has 6 heteroatoms. The number of fused-ring (bicyclic) bond motifs is 3.